The second kappa shape index (κ2) is 5.63. The molecule has 1 fully saturated rings. The molecule has 0 bridgehead atoms. The predicted octanol–water partition coefficient (Wildman–Crippen LogP) is 3.29. The van der Waals surface area contributed by atoms with Crippen LogP contribution >= 0.6 is 0 Å². The van der Waals surface area contributed by atoms with Gasteiger partial charge in [-0.25, -0.2) is 13.8 Å². The summed E-state index contributed by atoms with van der Waals surface area (Å²) < 4.78 is 26.0. The van der Waals surface area contributed by atoms with E-state index in [1.165, 1.54) is 6.07 Å². The van der Waals surface area contributed by atoms with Crippen LogP contribution in [0.5, 0.6) is 0 Å². The summed E-state index contributed by atoms with van der Waals surface area (Å²) in [5, 5.41) is 6.06. The number of aromatic nitrogens is 2. The SMILES string of the molecule is CNc1nc(NCc2ccc(F)c(F)c2)cc(C2CC2)n1. The van der Waals surface area contributed by atoms with E-state index in [2.05, 4.69) is 20.6 Å². The summed E-state index contributed by atoms with van der Waals surface area (Å²) in [6.07, 6.45) is 2.31. The van der Waals surface area contributed by atoms with Crippen LogP contribution < -0.4 is 10.6 Å². The van der Waals surface area contributed by atoms with E-state index in [-0.39, 0.29) is 0 Å². The molecule has 1 aliphatic carbocycles. The quantitative estimate of drug-likeness (QED) is 0.887. The molecule has 110 valence electrons. The molecule has 0 unspecified atom stereocenters. The molecular weight excluding hydrogens is 274 g/mol. The highest BCUT2D eigenvalue weighted by molar-refractivity contribution is 5.44. The van der Waals surface area contributed by atoms with Gasteiger partial charge in [-0.3, -0.25) is 0 Å². The van der Waals surface area contributed by atoms with Crippen LogP contribution in [0.1, 0.15) is 30.0 Å². The van der Waals surface area contributed by atoms with Crippen LogP contribution in [-0.4, -0.2) is 17.0 Å². The molecule has 1 aromatic carbocycles. The van der Waals surface area contributed by atoms with Crippen molar-refractivity contribution in [3.63, 3.8) is 0 Å². The Bertz CT molecular complexity index is 656. The second-order valence-electron chi connectivity index (χ2n) is 5.13. The van der Waals surface area contributed by atoms with Crippen molar-refractivity contribution in [1.29, 1.82) is 0 Å². The van der Waals surface area contributed by atoms with Crippen molar-refractivity contribution >= 4 is 11.8 Å². The second-order valence-corrected chi connectivity index (χ2v) is 5.13. The lowest BCUT2D eigenvalue weighted by molar-refractivity contribution is 0.507. The Labute approximate surface area is 121 Å². The van der Waals surface area contributed by atoms with Gasteiger partial charge < -0.3 is 10.6 Å². The maximum atomic E-state index is 13.2. The molecule has 1 aromatic heterocycles. The Morgan fingerprint density at radius 3 is 2.62 bits per heavy atom. The molecule has 0 spiro atoms. The summed E-state index contributed by atoms with van der Waals surface area (Å²) in [5.74, 6) is 0.0814. The molecule has 21 heavy (non-hydrogen) atoms. The molecule has 1 heterocycles. The highest BCUT2D eigenvalue weighted by Crippen LogP contribution is 2.39. The third kappa shape index (κ3) is 3.26. The van der Waals surface area contributed by atoms with Crippen LogP contribution in [0.2, 0.25) is 0 Å². The molecule has 0 amide bonds. The van der Waals surface area contributed by atoms with Gasteiger partial charge >= 0.3 is 0 Å². The molecule has 3 rings (SSSR count). The molecule has 2 N–H and O–H groups in total. The number of nitrogens with zero attached hydrogens (tertiary/aromatic N) is 2. The van der Waals surface area contributed by atoms with Gasteiger partial charge in [0.15, 0.2) is 11.6 Å². The average molecular weight is 290 g/mol. The van der Waals surface area contributed by atoms with E-state index in [9.17, 15) is 8.78 Å². The van der Waals surface area contributed by atoms with Crippen molar-refractivity contribution < 1.29 is 8.78 Å². The Balaban J connectivity index is 1.74. The third-order valence-electron chi connectivity index (χ3n) is 3.42. The number of rotatable bonds is 5. The summed E-state index contributed by atoms with van der Waals surface area (Å²) in [4.78, 5) is 8.74. The van der Waals surface area contributed by atoms with E-state index < -0.39 is 11.6 Å². The summed E-state index contributed by atoms with van der Waals surface area (Å²) in [5.41, 5.74) is 1.67. The maximum absolute atomic E-state index is 13.2. The van der Waals surface area contributed by atoms with Crippen LogP contribution in [0.15, 0.2) is 24.3 Å². The summed E-state index contributed by atoms with van der Waals surface area (Å²) in [7, 11) is 1.77. The van der Waals surface area contributed by atoms with Crippen LogP contribution in [0, 0.1) is 11.6 Å². The van der Waals surface area contributed by atoms with Gasteiger partial charge in [0.25, 0.3) is 0 Å². The number of halogens is 2. The fourth-order valence-corrected chi connectivity index (χ4v) is 2.10. The van der Waals surface area contributed by atoms with Crippen molar-refractivity contribution in [2.75, 3.05) is 17.7 Å². The lowest BCUT2D eigenvalue weighted by atomic mass is 10.2. The third-order valence-corrected chi connectivity index (χ3v) is 3.42. The predicted molar refractivity (Wildman–Crippen MR) is 77.2 cm³/mol. The normalized spacial score (nSPS) is 14.0. The van der Waals surface area contributed by atoms with Crippen LogP contribution in [0.4, 0.5) is 20.5 Å². The highest BCUT2D eigenvalue weighted by Gasteiger charge is 2.26. The molecule has 1 saturated carbocycles. The van der Waals surface area contributed by atoms with Gasteiger partial charge in [-0.15, -0.1) is 0 Å². The van der Waals surface area contributed by atoms with Gasteiger partial charge in [-0.05, 0) is 30.5 Å². The minimum absolute atomic E-state index is 0.376. The van der Waals surface area contributed by atoms with Crippen molar-refractivity contribution in [2.24, 2.45) is 0 Å². The number of hydrogen-bond donors (Lipinski definition) is 2. The zero-order valence-electron chi connectivity index (χ0n) is 11.7. The molecular formula is C15H16F2N4. The molecule has 0 saturated heterocycles. The number of anilines is 2. The Morgan fingerprint density at radius 1 is 1.14 bits per heavy atom. The lowest BCUT2D eigenvalue weighted by Gasteiger charge is -2.09. The standard InChI is InChI=1S/C15H16F2N4/c1-18-15-20-13(10-3-4-10)7-14(21-15)19-8-9-2-5-11(16)12(17)6-9/h2,5-7,10H,3-4,8H2,1H3,(H2,18,19,20,21). The van der Waals surface area contributed by atoms with Crippen molar-refractivity contribution in [1.82, 2.24) is 9.97 Å². The van der Waals surface area contributed by atoms with E-state index in [1.807, 2.05) is 6.07 Å². The monoisotopic (exact) mass is 290 g/mol. The van der Waals surface area contributed by atoms with Gasteiger partial charge in [-0.1, -0.05) is 6.07 Å². The largest absolute Gasteiger partial charge is 0.366 e. The zero-order chi connectivity index (χ0) is 14.8. The molecule has 0 atom stereocenters. The fourth-order valence-electron chi connectivity index (χ4n) is 2.10. The highest BCUT2D eigenvalue weighted by atomic mass is 19.2. The summed E-state index contributed by atoms with van der Waals surface area (Å²) >= 11 is 0. The van der Waals surface area contributed by atoms with Crippen LogP contribution in [0.3, 0.4) is 0 Å². The minimum Gasteiger partial charge on any atom is -0.366 e. The average Bonchev–Trinajstić information content (AvgIpc) is 3.33. The molecule has 0 aliphatic heterocycles. The summed E-state index contributed by atoms with van der Waals surface area (Å²) in [6.45, 7) is 0.376. The van der Waals surface area contributed by atoms with Crippen molar-refractivity contribution in [3.05, 3.63) is 47.2 Å². The van der Waals surface area contributed by atoms with Crippen LogP contribution in [-0.2, 0) is 6.54 Å². The van der Waals surface area contributed by atoms with Gasteiger partial charge in [-0.2, -0.15) is 4.98 Å². The van der Waals surface area contributed by atoms with Crippen molar-refractivity contribution in [3.8, 4) is 0 Å². The van der Waals surface area contributed by atoms with E-state index in [4.69, 9.17) is 0 Å². The first kappa shape index (κ1) is 13.7. The van der Waals surface area contributed by atoms with Gasteiger partial charge in [0.1, 0.15) is 5.82 Å². The molecule has 6 heteroatoms. The Hall–Kier alpha value is -2.24. The molecule has 2 aromatic rings. The topological polar surface area (TPSA) is 49.8 Å². The van der Waals surface area contributed by atoms with Crippen molar-refractivity contribution in [2.45, 2.75) is 25.3 Å². The molecule has 0 radical (unpaired) electrons. The lowest BCUT2D eigenvalue weighted by Crippen LogP contribution is -2.06. The van der Waals surface area contributed by atoms with E-state index in [0.29, 0.717) is 29.8 Å². The van der Waals surface area contributed by atoms with E-state index in [0.717, 1.165) is 24.6 Å². The first-order chi connectivity index (χ1) is 10.2. The Kier molecular flexibility index (Phi) is 3.68. The number of hydrogen-bond acceptors (Lipinski definition) is 4. The minimum atomic E-state index is -0.841. The fraction of sp³-hybridized carbons (Fsp3) is 0.333. The van der Waals surface area contributed by atoms with Crippen LogP contribution in [0.25, 0.3) is 0 Å². The van der Waals surface area contributed by atoms with E-state index >= 15 is 0 Å². The number of benzene rings is 1. The van der Waals surface area contributed by atoms with Gasteiger partial charge in [0.05, 0.1) is 5.69 Å². The van der Waals surface area contributed by atoms with Gasteiger partial charge in [0.2, 0.25) is 5.95 Å². The maximum Gasteiger partial charge on any atom is 0.224 e. The first-order valence-corrected chi connectivity index (χ1v) is 6.90. The first-order valence-electron chi connectivity index (χ1n) is 6.90. The Morgan fingerprint density at radius 2 is 1.95 bits per heavy atom. The zero-order valence-corrected chi connectivity index (χ0v) is 11.7. The molecule has 4 nitrogen and oxygen atoms in total. The van der Waals surface area contributed by atoms with E-state index in [1.54, 1.807) is 13.1 Å². The number of nitrogens with one attached hydrogen (secondary N) is 2. The van der Waals surface area contributed by atoms with Gasteiger partial charge in [0, 0.05) is 25.6 Å². The smallest absolute Gasteiger partial charge is 0.224 e. The molecule has 1 aliphatic rings. The summed E-state index contributed by atoms with van der Waals surface area (Å²) in [6, 6.07) is 5.77.